The van der Waals surface area contributed by atoms with E-state index in [1.165, 1.54) is 0 Å². The van der Waals surface area contributed by atoms with E-state index in [2.05, 4.69) is 4.99 Å². The quantitative estimate of drug-likeness (QED) is 0.620. The molecule has 1 aromatic carbocycles. The second kappa shape index (κ2) is 8.34. The Kier molecular flexibility index (Phi) is 6.42. The SMILES string of the molecule is C[C@@H]1CN(C(=O)c2ccc(CN=C(N(C)C)N(C)C)cc2)C[C@H](C)O1. The molecule has 6 heteroatoms. The second-order valence-corrected chi connectivity index (χ2v) is 7.07. The van der Waals surface area contributed by atoms with Crippen LogP contribution in [0.1, 0.15) is 29.8 Å². The minimum atomic E-state index is 0.0688. The van der Waals surface area contributed by atoms with E-state index in [-0.39, 0.29) is 18.1 Å². The lowest BCUT2D eigenvalue weighted by Gasteiger charge is -2.35. The molecule has 1 amide bonds. The highest BCUT2D eigenvalue weighted by atomic mass is 16.5. The molecule has 0 unspecified atom stereocenters. The van der Waals surface area contributed by atoms with Crippen molar-refractivity contribution in [2.45, 2.75) is 32.6 Å². The van der Waals surface area contributed by atoms with E-state index in [9.17, 15) is 4.79 Å². The number of guanidine groups is 1. The minimum absolute atomic E-state index is 0.0688. The molecule has 1 saturated heterocycles. The Bertz CT molecular complexity index is 590. The predicted molar refractivity (Wildman–Crippen MR) is 101 cm³/mol. The molecular formula is C19H30N4O2. The van der Waals surface area contributed by atoms with Crippen molar-refractivity contribution in [1.82, 2.24) is 14.7 Å². The molecule has 0 spiro atoms. The fourth-order valence-corrected chi connectivity index (χ4v) is 3.12. The van der Waals surface area contributed by atoms with E-state index >= 15 is 0 Å². The summed E-state index contributed by atoms with van der Waals surface area (Å²) in [7, 11) is 7.91. The topological polar surface area (TPSA) is 48.4 Å². The van der Waals surface area contributed by atoms with Crippen molar-refractivity contribution in [2.24, 2.45) is 4.99 Å². The fraction of sp³-hybridized carbons (Fsp3) is 0.579. The molecule has 1 aliphatic rings. The van der Waals surface area contributed by atoms with Crippen LogP contribution in [0.5, 0.6) is 0 Å². The smallest absolute Gasteiger partial charge is 0.254 e. The number of ether oxygens (including phenoxy) is 1. The molecule has 0 aromatic heterocycles. The summed E-state index contributed by atoms with van der Waals surface area (Å²) in [5.74, 6) is 0.982. The van der Waals surface area contributed by atoms with E-state index < -0.39 is 0 Å². The molecule has 0 bridgehead atoms. The zero-order chi connectivity index (χ0) is 18.6. The molecule has 0 radical (unpaired) electrons. The average molecular weight is 346 g/mol. The Labute approximate surface area is 151 Å². The number of benzene rings is 1. The van der Waals surface area contributed by atoms with Gasteiger partial charge in [-0.25, -0.2) is 4.99 Å². The third-order valence-electron chi connectivity index (χ3n) is 4.11. The Hall–Kier alpha value is -2.08. The number of rotatable bonds is 3. The maximum absolute atomic E-state index is 12.7. The largest absolute Gasteiger partial charge is 0.372 e. The monoisotopic (exact) mass is 346 g/mol. The summed E-state index contributed by atoms with van der Waals surface area (Å²) in [5.41, 5.74) is 1.80. The first-order valence-electron chi connectivity index (χ1n) is 8.70. The molecule has 1 fully saturated rings. The van der Waals surface area contributed by atoms with Gasteiger partial charge in [0.25, 0.3) is 5.91 Å². The lowest BCUT2D eigenvalue weighted by molar-refractivity contribution is -0.0586. The summed E-state index contributed by atoms with van der Waals surface area (Å²) in [4.78, 5) is 23.2. The van der Waals surface area contributed by atoms with Crippen molar-refractivity contribution in [2.75, 3.05) is 41.3 Å². The van der Waals surface area contributed by atoms with Gasteiger partial charge in [-0.1, -0.05) is 12.1 Å². The van der Waals surface area contributed by atoms with E-state index in [0.29, 0.717) is 19.6 Å². The normalized spacial score (nSPS) is 20.2. The van der Waals surface area contributed by atoms with Gasteiger partial charge in [-0.3, -0.25) is 4.79 Å². The Morgan fingerprint density at radius 2 is 1.60 bits per heavy atom. The fourth-order valence-electron chi connectivity index (χ4n) is 3.12. The minimum Gasteiger partial charge on any atom is -0.372 e. The molecular weight excluding hydrogens is 316 g/mol. The van der Waals surface area contributed by atoms with Gasteiger partial charge in [-0.05, 0) is 31.5 Å². The van der Waals surface area contributed by atoms with Gasteiger partial charge in [-0.2, -0.15) is 0 Å². The van der Waals surface area contributed by atoms with Crippen molar-refractivity contribution in [3.05, 3.63) is 35.4 Å². The number of aliphatic imine (C=N–C) groups is 1. The van der Waals surface area contributed by atoms with Crippen LogP contribution in [0.3, 0.4) is 0 Å². The number of hydrogen-bond acceptors (Lipinski definition) is 3. The predicted octanol–water partition coefficient (Wildman–Crippen LogP) is 1.92. The van der Waals surface area contributed by atoms with Crippen molar-refractivity contribution in [3.8, 4) is 0 Å². The lowest BCUT2D eigenvalue weighted by atomic mass is 10.1. The van der Waals surface area contributed by atoms with Crippen LogP contribution in [-0.4, -0.2) is 80.1 Å². The van der Waals surface area contributed by atoms with E-state index in [1.54, 1.807) is 0 Å². The van der Waals surface area contributed by atoms with Crippen molar-refractivity contribution < 1.29 is 9.53 Å². The molecule has 25 heavy (non-hydrogen) atoms. The molecule has 0 saturated carbocycles. The van der Waals surface area contributed by atoms with Crippen LogP contribution in [-0.2, 0) is 11.3 Å². The van der Waals surface area contributed by atoms with Crippen LogP contribution in [0.4, 0.5) is 0 Å². The maximum Gasteiger partial charge on any atom is 0.254 e. The molecule has 0 N–H and O–H groups in total. The summed E-state index contributed by atoms with van der Waals surface area (Å²) in [6.45, 7) is 5.88. The van der Waals surface area contributed by atoms with Crippen LogP contribution in [0.2, 0.25) is 0 Å². The molecule has 1 heterocycles. The number of carbonyl (C=O) groups excluding carboxylic acids is 1. The number of hydrogen-bond donors (Lipinski definition) is 0. The van der Waals surface area contributed by atoms with E-state index in [0.717, 1.165) is 17.1 Å². The summed E-state index contributed by atoms with van der Waals surface area (Å²) >= 11 is 0. The number of amides is 1. The Balaban J connectivity index is 2.04. The number of nitrogens with zero attached hydrogens (tertiary/aromatic N) is 4. The van der Waals surface area contributed by atoms with Crippen LogP contribution in [0, 0.1) is 0 Å². The van der Waals surface area contributed by atoms with Crippen LogP contribution in [0.15, 0.2) is 29.3 Å². The second-order valence-electron chi connectivity index (χ2n) is 7.07. The molecule has 2 rings (SSSR count). The first-order valence-corrected chi connectivity index (χ1v) is 8.70. The molecule has 2 atom stereocenters. The standard InChI is InChI=1S/C19H30N4O2/c1-14-12-23(13-15(2)25-14)18(24)17-9-7-16(8-10-17)11-20-19(21(3)4)22(5)6/h7-10,14-15H,11-13H2,1-6H3/t14-,15+. The molecule has 0 aliphatic carbocycles. The summed E-state index contributed by atoms with van der Waals surface area (Å²) in [6.07, 6.45) is 0.161. The average Bonchev–Trinajstić information content (AvgIpc) is 2.53. The third-order valence-corrected chi connectivity index (χ3v) is 4.11. The molecule has 138 valence electrons. The van der Waals surface area contributed by atoms with Gasteiger partial charge in [0, 0.05) is 46.8 Å². The zero-order valence-corrected chi connectivity index (χ0v) is 16.2. The molecule has 6 nitrogen and oxygen atoms in total. The third kappa shape index (κ3) is 5.19. The highest BCUT2D eigenvalue weighted by Gasteiger charge is 2.26. The van der Waals surface area contributed by atoms with Crippen molar-refractivity contribution >= 4 is 11.9 Å². The van der Waals surface area contributed by atoms with Gasteiger partial charge in [0.1, 0.15) is 0 Å². The highest BCUT2D eigenvalue weighted by Crippen LogP contribution is 2.15. The number of carbonyl (C=O) groups is 1. The van der Waals surface area contributed by atoms with Crippen molar-refractivity contribution in [1.29, 1.82) is 0 Å². The first kappa shape index (κ1) is 19.2. The Morgan fingerprint density at radius 1 is 1.08 bits per heavy atom. The summed E-state index contributed by atoms with van der Waals surface area (Å²) in [6, 6.07) is 7.74. The van der Waals surface area contributed by atoms with Crippen LogP contribution in [0.25, 0.3) is 0 Å². The van der Waals surface area contributed by atoms with Gasteiger partial charge >= 0.3 is 0 Å². The van der Waals surface area contributed by atoms with Crippen molar-refractivity contribution in [3.63, 3.8) is 0 Å². The highest BCUT2D eigenvalue weighted by molar-refractivity contribution is 5.94. The van der Waals surface area contributed by atoms with Gasteiger partial charge in [-0.15, -0.1) is 0 Å². The van der Waals surface area contributed by atoms with Gasteiger partial charge < -0.3 is 19.4 Å². The molecule has 1 aliphatic heterocycles. The first-order chi connectivity index (χ1) is 11.8. The van der Waals surface area contributed by atoms with E-state index in [1.807, 2.05) is 81.0 Å². The van der Waals surface area contributed by atoms with Gasteiger partial charge in [0.15, 0.2) is 5.96 Å². The lowest BCUT2D eigenvalue weighted by Crippen LogP contribution is -2.48. The van der Waals surface area contributed by atoms with E-state index in [4.69, 9.17) is 4.74 Å². The van der Waals surface area contributed by atoms with Gasteiger partial charge in [0.05, 0.1) is 18.8 Å². The molecule has 1 aromatic rings. The van der Waals surface area contributed by atoms with Crippen LogP contribution >= 0.6 is 0 Å². The number of morpholine rings is 1. The summed E-state index contributed by atoms with van der Waals surface area (Å²) in [5, 5.41) is 0. The van der Waals surface area contributed by atoms with Crippen LogP contribution < -0.4 is 0 Å². The maximum atomic E-state index is 12.7. The Morgan fingerprint density at radius 3 is 2.08 bits per heavy atom. The zero-order valence-electron chi connectivity index (χ0n) is 16.2. The van der Waals surface area contributed by atoms with Gasteiger partial charge in [0.2, 0.25) is 0 Å². The summed E-state index contributed by atoms with van der Waals surface area (Å²) < 4.78 is 5.70.